The quantitative estimate of drug-likeness (QED) is 0.946. The van der Waals surface area contributed by atoms with E-state index in [1.54, 1.807) is 4.68 Å². The first-order valence-electron chi connectivity index (χ1n) is 4.72. The zero-order valence-corrected chi connectivity index (χ0v) is 11.0. The van der Waals surface area contributed by atoms with Crippen LogP contribution in [-0.2, 0) is 6.54 Å². The van der Waals surface area contributed by atoms with Crippen molar-refractivity contribution in [3.05, 3.63) is 39.6 Å². The van der Waals surface area contributed by atoms with E-state index in [1.807, 2.05) is 31.4 Å². The van der Waals surface area contributed by atoms with Gasteiger partial charge in [-0.05, 0) is 25.2 Å². The van der Waals surface area contributed by atoms with Gasteiger partial charge in [0, 0.05) is 11.0 Å². The first-order chi connectivity index (χ1) is 7.70. The highest BCUT2D eigenvalue weighted by Crippen LogP contribution is 2.23. The summed E-state index contributed by atoms with van der Waals surface area (Å²) in [6.45, 7) is 0.689. The minimum atomic E-state index is 0.635. The number of rotatable bonds is 3. The molecule has 0 saturated heterocycles. The van der Waals surface area contributed by atoms with Crippen LogP contribution in [0.25, 0.3) is 5.69 Å². The highest BCUT2D eigenvalue weighted by molar-refractivity contribution is 9.10. The molecule has 2 aromatic rings. The predicted molar refractivity (Wildman–Crippen MR) is 66.8 cm³/mol. The Bertz CT molecular complexity index is 497. The molecule has 0 aliphatic rings. The van der Waals surface area contributed by atoms with Gasteiger partial charge >= 0.3 is 0 Å². The van der Waals surface area contributed by atoms with Crippen molar-refractivity contribution < 1.29 is 0 Å². The topological polar surface area (TPSA) is 42.7 Å². The Morgan fingerprint density at radius 2 is 2.31 bits per heavy atom. The Kier molecular flexibility index (Phi) is 3.58. The lowest BCUT2D eigenvalue weighted by Crippen LogP contribution is -2.05. The maximum absolute atomic E-state index is 6.12. The lowest BCUT2D eigenvalue weighted by Gasteiger charge is -2.02. The molecule has 6 heteroatoms. The molecule has 0 aliphatic carbocycles. The van der Waals surface area contributed by atoms with E-state index in [4.69, 9.17) is 11.6 Å². The Morgan fingerprint density at radius 1 is 1.50 bits per heavy atom. The summed E-state index contributed by atoms with van der Waals surface area (Å²) in [6, 6.07) is 5.64. The molecule has 1 N–H and O–H groups in total. The molecule has 2 rings (SSSR count). The molecule has 0 radical (unpaired) electrons. The molecule has 0 bridgehead atoms. The van der Waals surface area contributed by atoms with E-state index >= 15 is 0 Å². The van der Waals surface area contributed by atoms with Crippen LogP contribution in [0.3, 0.4) is 0 Å². The highest BCUT2D eigenvalue weighted by atomic mass is 79.9. The first kappa shape index (κ1) is 11.6. The van der Waals surface area contributed by atoms with E-state index in [9.17, 15) is 0 Å². The third kappa shape index (κ3) is 2.42. The highest BCUT2D eigenvalue weighted by Gasteiger charge is 2.06. The Hall–Kier alpha value is -0.910. The molecule has 16 heavy (non-hydrogen) atoms. The van der Waals surface area contributed by atoms with Crippen LogP contribution >= 0.6 is 27.5 Å². The average Bonchev–Trinajstić information content (AvgIpc) is 2.67. The van der Waals surface area contributed by atoms with Crippen molar-refractivity contribution >= 4 is 27.5 Å². The lowest BCUT2D eigenvalue weighted by atomic mass is 10.3. The van der Waals surface area contributed by atoms with Crippen molar-refractivity contribution in [1.29, 1.82) is 0 Å². The number of hydrogen-bond donors (Lipinski definition) is 1. The molecule has 0 amide bonds. The third-order valence-electron chi connectivity index (χ3n) is 2.06. The Morgan fingerprint density at radius 3 is 3.00 bits per heavy atom. The summed E-state index contributed by atoms with van der Waals surface area (Å²) in [5.41, 5.74) is 1.70. The standard InChI is InChI=1S/C10H10BrClN4/c1-13-5-8-6-16(15-14-8)10-3-2-7(11)4-9(10)12/h2-4,6,13H,5H2,1H3. The van der Waals surface area contributed by atoms with Crippen molar-refractivity contribution in [2.24, 2.45) is 0 Å². The second-order valence-electron chi connectivity index (χ2n) is 3.28. The maximum atomic E-state index is 6.12. The Labute approximate surface area is 107 Å². The van der Waals surface area contributed by atoms with Gasteiger partial charge in [0.2, 0.25) is 0 Å². The molecule has 0 atom stereocenters. The van der Waals surface area contributed by atoms with Crippen LogP contribution < -0.4 is 5.32 Å². The van der Waals surface area contributed by atoms with Gasteiger partial charge in [0.15, 0.2) is 0 Å². The van der Waals surface area contributed by atoms with Gasteiger partial charge in [0.1, 0.15) is 0 Å². The van der Waals surface area contributed by atoms with Gasteiger partial charge in [0.05, 0.1) is 22.6 Å². The van der Waals surface area contributed by atoms with Crippen LogP contribution in [0.15, 0.2) is 28.9 Å². The molecular weight excluding hydrogens is 291 g/mol. The summed E-state index contributed by atoms with van der Waals surface area (Å²) in [6.07, 6.45) is 1.85. The number of aromatic nitrogens is 3. The van der Waals surface area contributed by atoms with Crippen molar-refractivity contribution in [3.63, 3.8) is 0 Å². The van der Waals surface area contributed by atoms with E-state index in [2.05, 4.69) is 31.6 Å². The lowest BCUT2D eigenvalue weighted by molar-refractivity contribution is 0.767. The van der Waals surface area contributed by atoms with Crippen LogP contribution in [-0.4, -0.2) is 22.0 Å². The number of nitrogens with zero attached hydrogens (tertiary/aromatic N) is 3. The van der Waals surface area contributed by atoms with Gasteiger partial charge in [-0.25, -0.2) is 4.68 Å². The predicted octanol–water partition coefficient (Wildman–Crippen LogP) is 2.40. The molecule has 0 fully saturated rings. The van der Waals surface area contributed by atoms with Crippen molar-refractivity contribution in [2.75, 3.05) is 7.05 Å². The smallest absolute Gasteiger partial charge is 0.0969 e. The van der Waals surface area contributed by atoms with Crippen molar-refractivity contribution in [1.82, 2.24) is 20.3 Å². The average molecular weight is 302 g/mol. The molecule has 0 saturated carbocycles. The minimum Gasteiger partial charge on any atom is -0.314 e. The monoisotopic (exact) mass is 300 g/mol. The SMILES string of the molecule is CNCc1cn(-c2ccc(Br)cc2Cl)nn1. The summed E-state index contributed by atoms with van der Waals surface area (Å²) in [7, 11) is 1.87. The van der Waals surface area contributed by atoms with E-state index in [1.165, 1.54) is 0 Å². The number of hydrogen-bond acceptors (Lipinski definition) is 3. The molecule has 1 aromatic carbocycles. The second-order valence-corrected chi connectivity index (χ2v) is 4.60. The molecule has 0 unspecified atom stereocenters. The normalized spacial score (nSPS) is 10.7. The van der Waals surface area contributed by atoms with Crippen LogP contribution in [0.4, 0.5) is 0 Å². The maximum Gasteiger partial charge on any atom is 0.0969 e. The molecule has 1 heterocycles. The van der Waals surface area contributed by atoms with Gasteiger partial charge in [-0.2, -0.15) is 0 Å². The van der Waals surface area contributed by atoms with Gasteiger partial charge in [0.25, 0.3) is 0 Å². The van der Waals surface area contributed by atoms with Gasteiger partial charge in [-0.3, -0.25) is 0 Å². The van der Waals surface area contributed by atoms with Gasteiger partial charge in [-0.15, -0.1) is 5.10 Å². The summed E-state index contributed by atoms with van der Waals surface area (Å²) < 4.78 is 2.61. The molecule has 0 spiro atoms. The summed E-state index contributed by atoms with van der Waals surface area (Å²) in [5.74, 6) is 0. The van der Waals surface area contributed by atoms with E-state index in [0.29, 0.717) is 11.6 Å². The van der Waals surface area contributed by atoms with E-state index in [0.717, 1.165) is 15.9 Å². The molecule has 84 valence electrons. The zero-order chi connectivity index (χ0) is 11.5. The summed E-state index contributed by atoms with van der Waals surface area (Å²) in [5, 5.41) is 11.7. The van der Waals surface area contributed by atoms with E-state index < -0.39 is 0 Å². The van der Waals surface area contributed by atoms with Crippen LogP contribution in [0, 0.1) is 0 Å². The minimum absolute atomic E-state index is 0.635. The number of nitrogens with one attached hydrogen (secondary N) is 1. The van der Waals surface area contributed by atoms with Crippen molar-refractivity contribution in [3.8, 4) is 5.69 Å². The fourth-order valence-corrected chi connectivity index (χ4v) is 2.11. The first-order valence-corrected chi connectivity index (χ1v) is 5.89. The number of halogens is 2. The fourth-order valence-electron chi connectivity index (χ4n) is 1.35. The van der Waals surface area contributed by atoms with Crippen LogP contribution in [0.5, 0.6) is 0 Å². The third-order valence-corrected chi connectivity index (χ3v) is 2.85. The molecule has 1 aromatic heterocycles. The zero-order valence-electron chi connectivity index (χ0n) is 8.61. The molecule has 0 aliphatic heterocycles. The molecular formula is C10H10BrClN4. The Balaban J connectivity index is 2.35. The van der Waals surface area contributed by atoms with Gasteiger partial charge < -0.3 is 5.32 Å². The van der Waals surface area contributed by atoms with Crippen LogP contribution in [0.1, 0.15) is 5.69 Å². The summed E-state index contributed by atoms with van der Waals surface area (Å²) in [4.78, 5) is 0. The number of benzene rings is 1. The summed E-state index contributed by atoms with van der Waals surface area (Å²) >= 11 is 9.48. The van der Waals surface area contributed by atoms with Gasteiger partial charge in [-0.1, -0.05) is 32.7 Å². The largest absolute Gasteiger partial charge is 0.314 e. The van der Waals surface area contributed by atoms with E-state index in [-0.39, 0.29) is 0 Å². The second kappa shape index (κ2) is 4.95. The molecule has 4 nitrogen and oxygen atoms in total. The van der Waals surface area contributed by atoms with Crippen molar-refractivity contribution in [2.45, 2.75) is 6.54 Å². The fraction of sp³-hybridized carbons (Fsp3) is 0.200. The van der Waals surface area contributed by atoms with Crippen LogP contribution in [0.2, 0.25) is 5.02 Å².